The zero-order valence-electron chi connectivity index (χ0n) is 31.6. The van der Waals surface area contributed by atoms with Gasteiger partial charge in [-0.1, -0.05) is 97.1 Å². The van der Waals surface area contributed by atoms with Gasteiger partial charge >= 0.3 is 0 Å². The Morgan fingerprint density at radius 1 is 0.293 bits per heavy atom. The third-order valence-electron chi connectivity index (χ3n) is 11.1. The van der Waals surface area contributed by atoms with E-state index in [0.29, 0.717) is 0 Å². The Kier molecular flexibility index (Phi) is 8.07. The quantitative estimate of drug-likeness (QED) is 0.155. The molecule has 0 atom stereocenters. The van der Waals surface area contributed by atoms with Gasteiger partial charge in [0, 0.05) is 67.6 Å². The standard InChI is InChI=1S/C53H37N5/c1-5-17-38(18-6-1)55(39-19-7-2-8-20-39)42-28-31-50-47(36-42)48-37-44(29-32-51(48)57(50)41-23-11-4-12-24-41)56(40-21-9-3-10-22-40)43-30-33-52-46(35-43)45-25-13-14-26-49(45)58(52)53-27-15-16-34-54-53/h1-37H. The van der Waals surface area contributed by atoms with Gasteiger partial charge in [-0.05, 0) is 121 Å². The molecule has 0 spiro atoms. The molecule has 0 saturated carbocycles. The number of nitrogens with zero attached hydrogens (tertiary/aromatic N) is 5. The van der Waals surface area contributed by atoms with Gasteiger partial charge in [-0.3, -0.25) is 4.57 Å². The molecule has 8 aromatic carbocycles. The number of hydrogen-bond acceptors (Lipinski definition) is 3. The molecule has 0 aliphatic rings. The lowest BCUT2D eigenvalue weighted by Crippen LogP contribution is -2.10. The van der Waals surface area contributed by atoms with Crippen molar-refractivity contribution in [3.8, 4) is 11.5 Å². The third-order valence-corrected chi connectivity index (χ3v) is 11.1. The van der Waals surface area contributed by atoms with Crippen molar-refractivity contribution in [1.29, 1.82) is 0 Å². The molecule has 11 aromatic rings. The van der Waals surface area contributed by atoms with Crippen molar-refractivity contribution in [3.05, 3.63) is 225 Å². The van der Waals surface area contributed by atoms with Gasteiger partial charge in [-0.2, -0.15) is 0 Å². The topological polar surface area (TPSA) is 29.2 Å². The molecule has 5 heteroatoms. The van der Waals surface area contributed by atoms with Crippen molar-refractivity contribution >= 4 is 77.7 Å². The van der Waals surface area contributed by atoms with Crippen LogP contribution in [0.25, 0.3) is 55.1 Å². The first-order valence-electron chi connectivity index (χ1n) is 19.6. The van der Waals surface area contributed by atoms with Crippen LogP contribution in [0.1, 0.15) is 0 Å². The maximum absolute atomic E-state index is 4.75. The molecule has 3 heterocycles. The van der Waals surface area contributed by atoms with Crippen LogP contribution < -0.4 is 9.80 Å². The number of benzene rings is 8. The average Bonchev–Trinajstić information content (AvgIpc) is 3.80. The first-order chi connectivity index (χ1) is 28.8. The third kappa shape index (κ3) is 5.60. The highest BCUT2D eigenvalue weighted by atomic mass is 15.2. The number of para-hydroxylation sites is 5. The highest BCUT2D eigenvalue weighted by Crippen LogP contribution is 2.44. The summed E-state index contributed by atoms with van der Waals surface area (Å²) < 4.78 is 4.65. The van der Waals surface area contributed by atoms with E-state index < -0.39 is 0 Å². The monoisotopic (exact) mass is 743 g/mol. The molecule has 3 aromatic heterocycles. The first-order valence-corrected chi connectivity index (χ1v) is 19.6. The molecule has 0 aliphatic carbocycles. The van der Waals surface area contributed by atoms with Crippen LogP contribution in [0.15, 0.2) is 225 Å². The zero-order valence-corrected chi connectivity index (χ0v) is 31.6. The minimum atomic E-state index is 0.902. The summed E-state index contributed by atoms with van der Waals surface area (Å²) in [7, 11) is 0. The maximum atomic E-state index is 4.75. The van der Waals surface area contributed by atoms with Crippen molar-refractivity contribution in [1.82, 2.24) is 14.1 Å². The van der Waals surface area contributed by atoms with Crippen molar-refractivity contribution < 1.29 is 0 Å². The van der Waals surface area contributed by atoms with E-state index in [0.717, 1.165) is 67.7 Å². The van der Waals surface area contributed by atoms with Gasteiger partial charge in [0.2, 0.25) is 0 Å². The van der Waals surface area contributed by atoms with Crippen LogP contribution >= 0.6 is 0 Å². The van der Waals surface area contributed by atoms with E-state index in [2.05, 4.69) is 225 Å². The summed E-state index contributed by atoms with van der Waals surface area (Å²) in [5.41, 5.74) is 12.2. The Morgan fingerprint density at radius 3 is 1.19 bits per heavy atom. The molecule has 0 amide bonds. The predicted molar refractivity (Wildman–Crippen MR) is 242 cm³/mol. The van der Waals surface area contributed by atoms with Gasteiger partial charge in [0.25, 0.3) is 0 Å². The van der Waals surface area contributed by atoms with Gasteiger partial charge in [-0.25, -0.2) is 4.98 Å². The largest absolute Gasteiger partial charge is 0.310 e. The molecule has 0 aliphatic heterocycles. The van der Waals surface area contributed by atoms with E-state index in [9.17, 15) is 0 Å². The number of aromatic nitrogens is 3. The van der Waals surface area contributed by atoms with E-state index in [4.69, 9.17) is 4.98 Å². The van der Waals surface area contributed by atoms with Crippen molar-refractivity contribution in [2.45, 2.75) is 0 Å². The summed E-state index contributed by atoms with van der Waals surface area (Å²) >= 11 is 0. The summed E-state index contributed by atoms with van der Waals surface area (Å²) in [6.07, 6.45) is 1.86. The fraction of sp³-hybridized carbons (Fsp3) is 0. The molecule has 0 unspecified atom stereocenters. The van der Waals surface area contributed by atoms with Gasteiger partial charge < -0.3 is 14.4 Å². The number of anilines is 6. The van der Waals surface area contributed by atoms with E-state index in [1.54, 1.807) is 0 Å². The Morgan fingerprint density at radius 2 is 0.690 bits per heavy atom. The van der Waals surface area contributed by atoms with Crippen LogP contribution in [0.4, 0.5) is 34.1 Å². The van der Waals surface area contributed by atoms with Crippen LogP contribution in [0.3, 0.4) is 0 Å². The SMILES string of the molecule is c1ccc(N(c2ccccc2)c2ccc3c(c2)c2cc(N(c4ccccc4)c4ccc5c(c4)c4ccccc4n5-c4ccccn4)ccc2n3-c2ccccc2)cc1. The lowest BCUT2D eigenvalue weighted by atomic mass is 10.1. The van der Waals surface area contributed by atoms with Crippen molar-refractivity contribution in [3.63, 3.8) is 0 Å². The predicted octanol–water partition coefficient (Wildman–Crippen LogP) is 14.2. The molecule has 11 rings (SSSR count). The van der Waals surface area contributed by atoms with Gasteiger partial charge in [-0.15, -0.1) is 0 Å². The van der Waals surface area contributed by atoms with Gasteiger partial charge in [0.1, 0.15) is 5.82 Å². The second kappa shape index (κ2) is 14.0. The molecular formula is C53H37N5. The first kappa shape index (κ1) is 33.4. The van der Waals surface area contributed by atoms with E-state index in [1.807, 2.05) is 18.3 Å². The Hall–Kier alpha value is -7.89. The fourth-order valence-electron chi connectivity index (χ4n) is 8.59. The summed E-state index contributed by atoms with van der Waals surface area (Å²) in [6, 6.07) is 77.9. The maximum Gasteiger partial charge on any atom is 0.137 e. The number of pyridine rings is 1. The lowest BCUT2D eigenvalue weighted by Gasteiger charge is -2.26. The molecule has 58 heavy (non-hydrogen) atoms. The molecule has 274 valence electrons. The highest BCUT2D eigenvalue weighted by Gasteiger charge is 2.21. The number of hydrogen-bond donors (Lipinski definition) is 0. The van der Waals surface area contributed by atoms with Crippen LogP contribution in [-0.4, -0.2) is 14.1 Å². The fourth-order valence-corrected chi connectivity index (χ4v) is 8.59. The molecule has 0 fully saturated rings. The summed E-state index contributed by atoms with van der Waals surface area (Å²) in [5, 5.41) is 4.71. The van der Waals surface area contributed by atoms with Crippen LogP contribution in [0.5, 0.6) is 0 Å². The summed E-state index contributed by atoms with van der Waals surface area (Å²) in [5.74, 6) is 0.902. The molecule has 0 saturated heterocycles. The number of rotatable bonds is 8. The van der Waals surface area contributed by atoms with Crippen LogP contribution in [0.2, 0.25) is 0 Å². The van der Waals surface area contributed by atoms with Crippen LogP contribution in [0, 0.1) is 0 Å². The van der Waals surface area contributed by atoms with E-state index >= 15 is 0 Å². The second-order valence-electron chi connectivity index (χ2n) is 14.5. The highest BCUT2D eigenvalue weighted by molar-refractivity contribution is 6.13. The Labute approximate surface area is 336 Å². The molecule has 0 N–H and O–H groups in total. The minimum Gasteiger partial charge on any atom is -0.310 e. The lowest BCUT2D eigenvalue weighted by molar-refractivity contribution is 1.08. The average molecular weight is 744 g/mol. The Bertz CT molecular complexity index is 3170. The smallest absolute Gasteiger partial charge is 0.137 e. The van der Waals surface area contributed by atoms with Crippen molar-refractivity contribution in [2.24, 2.45) is 0 Å². The van der Waals surface area contributed by atoms with E-state index in [-0.39, 0.29) is 0 Å². The van der Waals surface area contributed by atoms with E-state index in [1.165, 1.54) is 21.5 Å². The minimum absolute atomic E-state index is 0.902. The normalized spacial score (nSPS) is 11.4. The molecule has 0 bridgehead atoms. The summed E-state index contributed by atoms with van der Waals surface area (Å²) in [6.45, 7) is 0. The molecular weight excluding hydrogens is 707 g/mol. The molecule has 5 nitrogen and oxygen atoms in total. The van der Waals surface area contributed by atoms with Crippen LogP contribution in [-0.2, 0) is 0 Å². The zero-order chi connectivity index (χ0) is 38.4. The second-order valence-corrected chi connectivity index (χ2v) is 14.5. The Balaban J connectivity index is 1.14. The number of fused-ring (bicyclic) bond motifs is 6. The van der Waals surface area contributed by atoms with Crippen molar-refractivity contribution in [2.75, 3.05) is 9.80 Å². The van der Waals surface area contributed by atoms with Gasteiger partial charge in [0.05, 0.1) is 22.1 Å². The van der Waals surface area contributed by atoms with Gasteiger partial charge in [0.15, 0.2) is 0 Å². The summed E-state index contributed by atoms with van der Waals surface area (Å²) in [4.78, 5) is 9.46. The molecule has 0 radical (unpaired) electrons.